The summed E-state index contributed by atoms with van der Waals surface area (Å²) in [5, 5.41) is 13.5. The number of amides is 1. The first kappa shape index (κ1) is 20.1. The molecule has 0 saturated heterocycles. The van der Waals surface area contributed by atoms with Crippen LogP contribution >= 0.6 is 0 Å². The zero-order valence-corrected chi connectivity index (χ0v) is 15.6. The van der Waals surface area contributed by atoms with Gasteiger partial charge in [-0.15, -0.1) is 0 Å². The van der Waals surface area contributed by atoms with Gasteiger partial charge in [0.15, 0.2) is 0 Å². The molecule has 26 heavy (non-hydrogen) atoms. The fourth-order valence-electron chi connectivity index (χ4n) is 3.06. The van der Waals surface area contributed by atoms with Crippen molar-refractivity contribution in [1.82, 2.24) is 5.32 Å². The molecule has 0 aromatic heterocycles. The first-order chi connectivity index (χ1) is 12.5. The molecule has 2 rings (SSSR count). The predicted molar refractivity (Wildman–Crippen MR) is 105 cm³/mol. The number of aliphatic hydroxyl groups is 1. The molecule has 2 aromatic rings. The van der Waals surface area contributed by atoms with Crippen molar-refractivity contribution in [3.8, 4) is 0 Å². The minimum Gasteiger partial charge on any atom is -0.391 e. The molecule has 140 valence electrons. The molecule has 0 bridgehead atoms. The van der Waals surface area contributed by atoms with Crippen LogP contribution in [0.1, 0.15) is 31.4 Å². The van der Waals surface area contributed by atoms with Gasteiger partial charge in [0.1, 0.15) is 0 Å². The standard InChI is InChI=1S/C22H30N2O2/c1-16(2)19(22(26)24-15-18-11-7-4-8-12-18)14-21(25)20(23)13-17-9-5-3-6-10-17/h3-12,16,19-21,25H,13-15,23H2,1-2H3,(H,24,26)/t19-,20-,21-/m0/s1. The third kappa shape index (κ3) is 6.28. The van der Waals surface area contributed by atoms with Crippen LogP contribution in [0, 0.1) is 11.8 Å². The number of carbonyl (C=O) groups is 1. The Balaban J connectivity index is 1.90. The van der Waals surface area contributed by atoms with Crippen LogP contribution in [0.2, 0.25) is 0 Å². The highest BCUT2D eigenvalue weighted by atomic mass is 16.3. The van der Waals surface area contributed by atoms with E-state index in [2.05, 4.69) is 5.32 Å². The van der Waals surface area contributed by atoms with Gasteiger partial charge < -0.3 is 16.2 Å². The summed E-state index contributed by atoms with van der Waals surface area (Å²) in [6.07, 6.45) is 0.246. The van der Waals surface area contributed by atoms with Crippen molar-refractivity contribution < 1.29 is 9.90 Å². The Morgan fingerprint density at radius 3 is 2.08 bits per heavy atom. The van der Waals surface area contributed by atoms with E-state index in [1.165, 1.54) is 0 Å². The number of hydrogen-bond acceptors (Lipinski definition) is 3. The molecule has 0 fully saturated rings. The summed E-state index contributed by atoms with van der Waals surface area (Å²) in [6, 6.07) is 19.3. The van der Waals surface area contributed by atoms with Crippen molar-refractivity contribution in [3.05, 3.63) is 71.8 Å². The van der Waals surface area contributed by atoms with Crippen molar-refractivity contribution in [3.63, 3.8) is 0 Å². The van der Waals surface area contributed by atoms with Crippen molar-refractivity contribution in [1.29, 1.82) is 0 Å². The zero-order chi connectivity index (χ0) is 18.9. The second kappa shape index (κ2) is 10.1. The van der Waals surface area contributed by atoms with Gasteiger partial charge in [-0.3, -0.25) is 4.79 Å². The Hall–Kier alpha value is -2.17. The molecule has 2 aromatic carbocycles. The van der Waals surface area contributed by atoms with Crippen LogP contribution in [0.5, 0.6) is 0 Å². The highest BCUT2D eigenvalue weighted by Gasteiger charge is 2.27. The van der Waals surface area contributed by atoms with Gasteiger partial charge in [-0.25, -0.2) is 0 Å². The van der Waals surface area contributed by atoms with Crippen LogP contribution in [0.25, 0.3) is 0 Å². The van der Waals surface area contributed by atoms with Crippen molar-refractivity contribution in [2.24, 2.45) is 17.6 Å². The Morgan fingerprint density at radius 2 is 1.54 bits per heavy atom. The number of rotatable bonds is 9. The second-order valence-electron chi connectivity index (χ2n) is 7.21. The van der Waals surface area contributed by atoms with E-state index < -0.39 is 6.10 Å². The van der Waals surface area contributed by atoms with E-state index in [9.17, 15) is 9.90 Å². The van der Waals surface area contributed by atoms with Crippen LogP contribution in [0.4, 0.5) is 0 Å². The third-order valence-corrected chi connectivity index (χ3v) is 4.75. The lowest BCUT2D eigenvalue weighted by Crippen LogP contribution is -2.42. The highest BCUT2D eigenvalue weighted by molar-refractivity contribution is 5.78. The third-order valence-electron chi connectivity index (χ3n) is 4.75. The lowest BCUT2D eigenvalue weighted by Gasteiger charge is -2.26. The Kier molecular flexibility index (Phi) is 7.82. The van der Waals surface area contributed by atoms with Gasteiger partial charge in [0.05, 0.1) is 6.10 Å². The van der Waals surface area contributed by atoms with Crippen LogP contribution < -0.4 is 11.1 Å². The van der Waals surface area contributed by atoms with Gasteiger partial charge in [-0.05, 0) is 29.9 Å². The maximum absolute atomic E-state index is 12.6. The smallest absolute Gasteiger partial charge is 0.223 e. The average molecular weight is 354 g/mol. The van der Waals surface area contributed by atoms with Gasteiger partial charge in [-0.2, -0.15) is 0 Å². The van der Waals surface area contributed by atoms with Gasteiger partial charge in [0.25, 0.3) is 0 Å². The Morgan fingerprint density at radius 1 is 1.00 bits per heavy atom. The SMILES string of the molecule is CC(C)[C@H](C[C@H](O)[C@@H](N)Cc1ccccc1)C(=O)NCc1ccccc1. The molecule has 0 saturated carbocycles. The summed E-state index contributed by atoms with van der Waals surface area (Å²) < 4.78 is 0. The van der Waals surface area contributed by atoms with Gasteiger partial charge in [0, 0.05) is 18.5 Å². The van der Waals surface area contributed by atoms with Gasteiger partial charge in [-0.1, -0.05) is 74.5 Å². The number of carbonyl (C=O) groups excluding carboxylic acids is 1. The number of aliphatic hydroxyl groups excluding tert-OH is 1. The van der Waals surface area contributed by atoms with Crippen molar-refractivity contribution >= 4 is 5.91 Å². The molecular formula is C22H30N2O2. The molecule has 3 atom stereocenters. The fourth-order valence-corrected chi connectivity index (χ4v) is 3.06. The van der Waals surface area contributed by atoms with Gasteiger partial charge in [0.2, 0.25) is 5.91 Å². The maximum atomic E-state index is 12.6. The molecule has 1 amide bonds. The van der Waals surface area contributed by atoms with E-state index in [4.69, 9.17) is 5.73 Å². The largest absolute Gasteiger partial charge is 0.391 e. The van der Waals surface area contributed by atoms with E-state index in [1.54, 1.807) is 0 Å². The molecule has 0 aliphatic carbocycles. The second-order valence-corrected chi connectivity index (χ2v) is 7.21. The minimum atomic E-state index is -0.718. The summed E-state index contributed by atoms with van der Waals surface area (Å²) in [6.45, 7) is 4.50. The quantitative estimate of drug-likeness (QED) is 0.648. The minimum absolute atomic E-state index is 0.0326. The lowest BCUT2D eigenvalue weighted by molar-refractivity contribution is -0.127. The lowest BCUT2D eigenvalue weighted by atomic mass is 9.86. The predicted octanol–water partition coefficient (Wildman–Crippen LogP) is 2.90. The molecular weight excluding hydrogens is 324 g/mol. The number of benzene rings is 2. The van der Waals surface area contributed by atoms with Crippen molar-refractivity contribution in [2.75, 3.05) is 0 Å². The molecule has 0 radical (unpaired) electrons. The van der Waals surface area contributed by atoms with E-state index in [0.717, 1.165) is 11.1 Å². The van der Waals surface area contributed by atoms with E-state index in [-0.39, 0.29) is 23.8 Å². The summed E-state index contributed by atoms with van der Waals surface area (Å²) in [7, 11) is 0. The van der Waals surface area contributed by atoms with Crippen LogP contribution in [-0.2, 0) is 17.8 Å². The average Bonchev–Trinajstić information content (AvgIpc) is 2.65. The molecule has 4 nitrogen and oxygen atoms in total. The highest BCUT2D eigenvalue weighted by Crippen LogP contribution is 2.20. The first-order valence-electron chi connectivity index (χ1n) is 9.26. The molecule has 4 heteroatoms. The zero-order valence-electron chi connectivity index (χ0n) is 15.6. The monoisotopic (exact) mass is 354 g/mol. The van der Waals surface area contributed by atoms with E-state index in [1.807, 2.05) is 74.5 Å². The van der Waals surface area contributed by atoms with Crippen LogP contribution in [0.3, 0.4) is 0 Å². The molecule has 0 spiro atoms. The number of hydrogen-bond donors (Lipinski definition) is 3. The normalized spacial score (nSPS) is 14.7. The molecule has 0 aliphatic rings. The topological polar surface area (TPSA) is 75.3 Å². The van der Waals surface area contributed by atoms with E-state index in [0.29, 0.717) is 19.4 Å². The fraction of sp³-hybridized carbons (Fsp3) is 0.409. The maximum Gasteiger partial charge on any atom is 0.223 e. The molecule has 0 heterocycles. The molecule has 0 aliphatic heterocycles. The van der Waals surface area contributed by atoms with E-state index >= 15 is 0 Å². The van der Waals surface area contributed by atoms with Crippen molar-refractivity contribution in [2.45, 2.75) is 45.4 Å². The molecule has 4 N–H and O–H groups in total. The Bertz CT molecular complexity index is 658. The summed E-state index contributed by atoms with van der Waals surface area (Å²) >= 11 is 0. The molecule has 0 unspecified atom stereocenters. The number of nitrogens with one attached hydrogen (secondary N) is 1. The first-order valence-corrected chi connectivity index (χ1v) is 9.26. The summed E-state index contributed by atoms with van der Waals surface area (Å²) in [5.74, 6) is -0.172. The van der Waals surface area contributed by atoms with Gasteiger partial charge >= 0.3 is 0 Å². The van der Waals surface area contributed by atoms with Crippen LogP contribution in [0.15, 0.2) is 60.7 Å². The van der Waals surface area contributed by atoms with Crippen LogP contribution in [-0.4, -0.2) is 23.2 Å². The summed E-state index contributed by atoms with van der Waals surface area (Å²) in [4.78, 5) is 12.6. The summed E-state index contributed by atoms with van der Waals surface area (Å²) in [5.41, 5.74) is 8.33. The Labute approximate surface area is 156 Å². The number of nitrogens with two attached hydrogens (primary N) is 1.